The summed E-state index contributed by atoms with van der Waals surface area (Å²) in [5, 5.41) is 10.1. The SMILES string of the molecule is CN(C)c1nc(CN(CCO)CCc2ccccc2)ns1. The number of hydrogen-bond acceptors (Lipinski definition) is 6. The predicted molar refractivity (Wildman–Crippen MR) is 86.7 cm³/mol. The van der Waals surface area contributed by atoms with E-state index in [1.54, 1.807) is 0 Å². The highest BCUT2D eigenvalue weighted by molar-refractivity contribution is 7.09. The van der Waals surface area contributed by atoms with E-state index >= 15 is 0 Å². The minimum absolute atomic E-state index is 0.152. The van der Waals surface area contributed by atoms with Crippen molar-refractivity contribution in [3.8, 4) is 0 Å². The van der Waals surface area contributed by atoms with Gasteiger partial charge in [0, 0.05) is 38.7 Å². The quantitative estimate of drug-likeness (QED) is 0.803. The molecule has 0 aliphatic heterocycles. The summed E-state index contributed by atoms with van der Waals surface area (Å²) < 4.78 is 4.38. The number of nitrogens with zero attached hydrogens (tertiary/aromatic N) is 4. The van der Waals surface area contributed by atoms with Crippen molar-refractivity contribution in [1.82, 2.24) is 14.3 Å². The molecular formula is C15H22N4OS. The van der Waals surface area contributed by atoms with Gasteiger partial charge in [0.2, 0.25) is 5.13 Å². The van der Waals surface area contributed by atoms with Crippen molar-refractivity contribution >= 4 is 16.7 Å². The van der Waals surface area contributed by atoms with E-state index in [1.807, 2.05) is 25.1 Å². The van der Waals surface area contributed by atoms with Gasteiger partial charge in [-0.3, -0.25) is 4.90 Å². The number of aliphatic hydroxyl groups excluding tert-OH is 1. The Morgan fingerprint density at radius 1 is 1.14 bits per heavy atom. The molecule has 1 N–H and O–H groups in total. The van der Waals surface area contributed by atoms with Crippen LogP contribution in [0, 0.1) is 0 Å². The Labute approximate surface area is 130 Å². The predicted octanol–water partition coefficient (Wildman–Crippen LogP) is 1.64. The highest BCUT2D eigenvalue weighted by Gasteiger charge is 2.11. The summed E-state index contributed by atoms with van der Waals surface area (Å²) in [7, 11) is 3.93. The van der Waals surface area contributed by atoms with Gasteiger partial charge >= 0.3 is 0 Å². The molecule has 0 fully saturated rings. The van der Waals surface area contributed by atoms with Crippen molar-refractivity contribution < 1.29 is 5.11 Å². The van der Waals surface area contributed by atoms with E-state index in [2.05, 4.69) is 38.5 Å². The van der Waals surface area contributed by atoms with E-state index in [4.69, 9.17) is 0 Å². The summed E-state index contributed by atoms with van der Waals surface area (Å²) in [6.45, 7) is 2.36. The van der Waals surface area contributed by atoms with Crippen molar-refractivity contribution in [2.75, 3.05) is 38.7 Å². The van der Waals surface area contributed by atoms with Gasteiger partial charge in [0.25, 0.3) is 0 Å². The first-order chi connectivity index (χ1) is 10.2. The molecule has 0 saturated heterocycles. The van der Waals surface area contributed by atoms with E-state index in [0.29, 0.717) is 13.1 Å². The Morgan fingerprint density at radius 3 is 2.52 bits per heavy atom. The fourth-order valence-corrected chi connectivity index (χ4v) is 2.63. The molecule has 0 aliphatic carbocycles. The lowest BCUT2D eigenvalue weighted by atomic mass is 10.1. The molecule has 1 aromatic heterocycles. The Bertz CT molecular complexity index is 529. The summed E-state index contributed by atoms with van der Waals surface area (Å²) in [5.41, 5.74) is 1.31. The van der Waals surface area contributed by atoms with Crippen LogP contribution in [-0.2, 0) is 13.0 Å². The first-order valence-electron chi connectivity index (χ1n) is 7.06. The molecule has 0 radical (unpaired) electrons. The molecule has 21 heavy (non-hydrogen) atoms. The van der Waals surface area contributed by atoms with E-state index in [-0.39, 0.29) is 6.61 Å². The third kappa shape index (κ3) is 5.08. The van der Waals surface area contributed by atoms with Gasteiger partial charge in [-0.05, 0) is 12.0 Å². The minimum atomic E-state index is 0.152. The maximum absolute atomic E-state index is 9.22. The van der Waals surface area contributed by atoms with Gasteiger partial charge < -0.3 is 10.0 Å². The standard InChI is InChI=1S/C15H22N4OS/c1-18(2)15-16-14(17-21-15)12-19(10-11-20)9-8-13-6-4-3-5-7-13/h3-7,20H,8-12H2,1-2H3. The highest BCUT2D eigenvalue weighted by Crippen LogP contribution is 2.15. The Hall–Kier alpha value is -1.50. The molecule has 0 unspecified atom stereocenters. The molecule has 0 saturated carbocycles. The highest BCUT2D eigenvalue weighted by atomic mass is 32.1. The van der Waals surface area contributed by atoms with Crippen LogP contribution in [-0.4, -0.2) is 53.2 Å². The van der Waals surface area contributed by atoms with Crippen LogP contribution in [0.25, 0.3) is 0 Å². The Kier molecular flexibility index (Phi) is 6.10. The first kappa shape index (κ1) is 15.9. The van der Waals surface area contributed by atoms with Crippen LogP contribution >= 0.6 is 11.5 Å². The van der Waals surface area contributed by atoms with Crippen LogP contribution in [0.4, 0.5) is 5.13 Å². The molecule has 2 aromatic rings. The average Bonchev–Trinajstić information content (AvgIpc) is 2.95. The maximum atomic E-state index is 9.22. The second kappa shape index (κ2) is 8.07. The van der Waals surface area contributed by atoms with Crippen molar-refractivity contribution in [2.24, 2.45) is 0 Å². The fraction of sp³-hybridized carbons (Fsp3) is 0.467. The molecule has 114 valence electrons. The van der Waals surface area contributed by atoms with E-state index in [0.717, 1.165) is 23.9 Å². The summed E-state index contributed by atoms with van der Waals surface area (Å²) >= 11 is 1.41. The fourth-order valence-electron chi connectivity index (χ4n) is 2.03. The summed E-state index contributed by atoms with van der Waals surface area (Å²) in [5.74, 6) is 0.824. The molecule has 1 aromatic carbocycles. The molecule has 0 bridgehead atoms. The van der Waals surface area contributed by atoms with Crippen molar-refractivity contribution in [1.29, 1.82) is 0 Å². The largest absolute Gasteiger partial charge is 0.395 e. The molecular weight excluding hydrogens is 284 g/mol. The number of anilines is 1. The van der Waals surface area contributed by atoms with Gasteiger partial charge in [-0.25, -0.2) is 4.98 Å². The van der Waals surface area contributed by atoms with Gasteiger partial charge in [-0.15, -0.1) is 0 Å². The number of aromatic nitrogens is 2. The smallest absolute Gasteiger partial charge is 0.204 e. The van der Waals surface area contributed by atoms with Crippen LogP contribution < -0.4 is 4.90 Å². The number of hydrogen-bond donors (Lipinski definition) is 1. The molecule has 2 rings (SSSR count). The van der Waals surface area contributed by atoms with E-state index < -0.39 is 0 Å². The third-order valence-electron chi connectivity index (χ3n) is 3.18. The zero-order valence-corrected chi connectivity index (χ0v) is 13.4. The van der Waals surface area contributed by atoms with Gasteiger partial charge in [0.15, 0.2) is 5.82 Å². The van der Waals surface area contributed by atoms with E-state index in [9.17, 15) is 5.11 Å². The van der Waals surface area contributed by atoms with Crippen molar-refractivity contribution in [2.45, 2.75) is 13.0 Å². The Balaban J connectivity index is 1.91. The summed E-state index contributed by atoms with van der Waals surface area (Å²) in [6.07, 6.45) is 0.964. The monoisotopic (exact) mass is 306 g/mol. The van der Waals surface area contributed by atoms with Crippen LogP contribution in [0.3, 0.4) is 0 Å². The molecule has 1 heterocycles. The van der Waals surface area contributed by atoms with Gasteiger partial charge in [-0.2, -0.15) is 4.37 Å². The molecule has 0 spiro atoms. The van der Waals surface area contributed by atoms with Gasteiger partial charge in [0.05, 0.1) is 13.2 Å². The molecule has 0 aliphatic rings. The molecule has 0 atom stereocenters. The van der Waals surface area contributed by atoms with Crippen molar-refractivity contribution in [3.63, 3.8) is 0 Å². The lowest BCUT2D eigenvalue weighted by molar-refractivity contribution is 0.189. The molecule has 5 nitrogen and oxygen atoms in total. The lowest BCUT2D eigenvalue weighted by Gasteiger charge is -2.19. The van der Waals surface area contributed by atoms with Crippen LogP contribution in [0.5, 0.6) is 0 Å². The topological polar surface area (TPSA) is 52.5 Å². The van der Waals surface area contributed by atoms with Crippen LogP contribution in [0.1, 0.15) is 11.4 Å². The van der Waals surface area contributed by atoms with Crippen molar-refractivity contribution in [3.05, 3.63) is 41.7 Å². The maximum Gasteiger partial charge on any atom is 0.204 e. The third-order valence-corrected chi connectivity index (χ3v) is 4.10. The first-order valence-corrected chi connectivity index (χ1v) is 7.83. The lowest BCUT2D eigenvalue weighted by Crippen LogP contribution is -2.29. The zero-order chi connectivity index (χ0) is 15.1. The second-order valence-electron chi connectivity index (χ2n) is 5.12. The zero-order valence-electron chi connectivity index (χ0n) is 12.6. The molecule has 6 heteroatoms. The van der Waals surface area contributed by atoms with Gasteiger partial charge in [-0.1, -0.05) is 30.3 Å². The van der Waals surface area contributed by atoms with Crippen LogP contribution in [0.15, 0.2) is 30.3 Å². The summed E-state index contributed by atoms with van der Waals surface area (Å²) in [6, 6.07) is 10.4. The number of aliphatic hydroxyl groups is 1. The minimum Gasteiger partial charge on any atom is -0.395 e. The van der Waals surface area contributed by atoms with Crippen LogP contribution in [0.2, 0.25) is 0 Å². The summed E-state index contributed by atoms with van der Waals surface area (Å²) in [4.78, 5) is 8.65. The normalized spacial score (nSPS) is 11.0. The molecule has 0 amide bonds. The number of rotatable bonds is 8. The number of benzene rings is 1. The van der Waals surface area contributed by atoms with E-state index in [1.165, 1.54) is 17.1 Å². The van der Waals surface area contributed by atoms with Gasteiger partial charge in [0.1, 0.15) is 0 Å². The Morgan fingerprint density at radius 2 is 1.90 bits per heavy atom. The second-order valence-corrected chi connectivity index (χ2v) is 5.85. The average molecular weight is 306 g/mol.